The summed E-state index contributed by atoms with van der Waals surface area (Å²) in [4.78, 5) is 4.25. The van der Waals surface area contributed by atoms with Crippen molar-refractivity contribution in [3.05, 3.63) is 35.4 Å². The Morgan fingerprint density at radius 1 is 1.09 bits per heavy atom. The molecular weight excluding hydrogens is 274 g/mol. The van der Waals surface area contributed by atoms with Crippen molar-refractivity contribution in [2.45, 2.75) is 65.8 Å². The van der Waals surface area contributed by atoms with Crippen LogP contribution in [0.3, 0.4) is 0 Å². The summed E-state index contributed by atoms with van der Waals surface area (Å²) in [5.74, 6) is 0.809. The van der Waals surface area contributed by atoms with Gasteiger partial charge >= 0.3 is 0 Å². The average Bonchev–Trinajstić information content (AvgIpc) is 2.40. The second-order valence-electron chi connectivity index (χ2n) is 7.52. The summed E-state index contributed by atoms with van der Waals surface area (Å²) in [5, 5.41) is 6.69. The van der Waals surface area contributed by atoms with E-state index < -0.39 is 0 Å². The van der Waals surface area contributed by atoms with Gasteiger partial charge < -0.3 is 15.4 Å². The third-order valence-corrected chi connectivity index (χ3v) is 2.84. The normalized spacial score (nSPS) is 13.1. The molecule has 0 amide bonds. The van der Waals surface area contributed by atoms with E-state index in [1.807, 2.05) is 0 Å². The summed E-state index contributed by atoms with van der Waals surface area (Å²) in [6.07, 6.45) is 0. The van der Waals surface area contributed by atoms with Gasteiger partial charge in [-0.25, -0.2) is 0 Å². The molecule has 0 radical (unpaired) electrons. The zero-order valence-corrected chi connectivity index (χ0v) is 15.1. The minimum absolute atomic E-state index is 0.00968. The number of guanidine groups is 1. The molecule has 0 heterocycles. The molecule has 0 spiro atoms. The van der Waals surface area contributed by atoms with Crippen LogP contribution in [0.5, 0.6) is 0 Å². The average molecular weight is 305 g/mol. The van der Waals surface area contributed by atoms with Crippen molar-refractivity contribution in [2.75, 3.05) is 7.05 Å². The van der Waals surface area contributed by atoms with Crippen LogP contribution in [-0.2, 0) is 17.9 Å². The maximum absolute atomic E-state index is 5.83. The molecular formula is C18H31N3O. The number of hydrogen-bond acceptors (Lipinski definition) is 2. The van der Waals surface area contributed by atoms with Crippen molar-refractivity contribution in [1.29, 1.82) is 0 Å². The van der Waals surface area contributed by atoms with Crippen LogP contribution in [-0.4, -0.2) is 24.1 Å². The highest BCUT2D eigenvalue weighted by molar-refractivity contribution is 5.80. The lowest BCUT2D eigenvalue weighted by Gasteiger charge is -2.24. The van der Waals surface area contributed by atoms with Crippen molar-refractivity contribution in [1.82, 2.24) is 10.6 Å². The number of benzene rings is 1. The third-order valence-electron chi connectivity index (χ3n) is 2.84. The number of nitrogens with one attached hydrogen (secondary N) is 2. The fourth-order valence-corrected chi connectivity index (χ4v) is 1.85. The predicted octanol–water partition coefficient (Wildman–Crippen LogP) is 3.47. The Hall–Kier alpha value is -1.55. The van der Waals surface area contributed by atoms with E-state index >= 15 is 0 Å². The highest BCUT2D eigenvalue weighted by Gasteiger charge is 2.12. The van der Waals surface area contributed by atoms with Crippen molar-refractivity contribution < 1.29 is 4.74 Å². The monoisotopic (exact) mass is 305 g/mol. The second-order valence-corrected chi connectivity index (χ2v) is 7.52. The van der Waals surface area contributed by atoms with Crippen LogP contribution in [0, 0.1) is 0 Å². The first-order valence-electron chi connectivity index (χ1n) is 7.80. The molecule has 4 nitrogen and oxygen atoms in total. The molecule has 1 aromatic carbocycles. The molecule has 4 heteroatoms. The lowest BCUT2D eigenvalue weighted by molar-refractivity contribution is -0.0149. The Morgan fingerprint density at radius 3 is 2.27 bits per heavy atom. The highest BCUT2D eigenvalue weighted by Crippen LogP contribution is 2.13. The first kappa shape index (κ1) is 18.5. The lowest BCUT2D eigenvalue weighted by Crippen LogP contribution is -2.47. The predicted molar refractivity (Wildman–Crippen MR) is 94.1 cm³/mol. The van der Waals surface area contributed by atoms with E-state index in [0.717, 1.165) is 12.5 Å². The molecule has 0 aliphatic heterocycles. The fourth-order valence-electron chi connectivity index (χ4n) is 1.85. The summed E-state index contributed by atoms with van der Waals surface area (Å²) < 4.78 is 5.83. The topological polar surface area (TPSA) is 45.7 Å². The smallest absolute Gasteiger partial charge is 0.191 e. The second kappa shape index (κ2) is 7.63. The molecule has 0 atom stereocenters. The Balaban J connectivity index is 2.59. The van der Waals surface area contributed by atoms with Gasteiger partial charge in [0.25, 0.3) is 0 Å². The lowest BCUT2D eigenvalue weighted by atomic mass is 10.1. The number of ether oxygens (including phenoxy) is 1. The Labute approximate surface area is 135 Å². The van der Waals surface area contributed by atoms with E-state index in [9.17, 15) is 0 Å². The maximum Gasteiger partial charge on any atom is 0.191 e. The van der Waals surface area contributed by atoms with Gasteiger partial charge in [0.05, 0.1) is 12.2 Å². The van der Waals surface area contributed by atoms with Crippen molar-refractivity contribution in [2.24, 2.45) is 4.99 Å². The Morgan fingerprint density at radius 2 is 1.73 bits per heavy atom. The minimum Gasteiger partial charge on any atom is -0.371 e. The molecule has 124 valence electrons. The van der Waals surface area contributed by atoms with Gasteiger partial charge in [-0.15, -0.1) is 0 Å². The zero-order valence-electron chi connectivity index (χ0n) is 15.1. The van der Waals surface area contributed by atoms with Crippen LogP contribution < -0.4 is 10.6 Å². The molecule has 22 heavy (non-hydrogen) atoms. The Bertz CT molecular complexity index is 496. The molecule has 0 saturated heterocycles. The van der Waals surface area contributed by atoms with Crippen LogP contribution in [0.25, 0.3) is 0 Å². The summed E-state index contributed by atoms with van der Waals surface area (Å²) in [6, 6.07) is 8.44. The number of nitrogens with zero attached hydrogens (tertiary/aromatic N) is 1. The highest BCUT2D eigenvalue weighted by atomic mass is 16.5. The minimum atomic E-state index is -0.118. The van der Waals surface area contributed by atoms with Crippen molar-refractivity contribution in [3.63, 3.8) is 0 Å². The standard InChI is InChI=1S/C18H31N3O/c1-17(2,3)21-16(19-7)20-12-14-9-8-10-15(11-14)13-22-18(4,5)6/h8-11H,12-13H2,1-7H3,(H2,19,20,21). The summed E-state index contributed by atoms with van der Waals surface area (Å²) in [7, 11) is 1.79. The van der Waals surface area contributed by atoms with Gasteiger partial charge in [0.1, 0.15) is 0 Å². The first-order chi connectivity index (χ1) is 10.1. The molecule has 0 aliphatic carbocycles. The molecule has 0 unspecified atom stereocenters. The Kier molecular flexibility index (Phi) is 6.42. The van der Waals surface area contributed by atoms with Gasteiger partial charge in [0, 0.05) is 19.1 Å². The van der Waals surface area contributed by atoms with E-state index in [-0.39, 0.29) is 11.1 Å². The van der Waals surface area contributed by atoms with E-state index in [2.05, 4.69) is 81.4 Å². The van der Waals surface area contributed by atoms with E-state index in [1.165, 1.54) is 11.1 Å². The molecule has 1 aromatic rings. The number of rotatable bonds is 4. The van der Waals surface area contributed by atoms with Gasteiger partial charge in [-0.2, -0.15) is 0 Å². The first-order valence-corrected chi connectivity index (χ1v) is 7.80. The van der Waals surface area contributed by atoms with Crippen LogP contribution >= 0.6 is 0 Å². The molecule has 0 aliphatic rings. The van der Waals surface area contributed by atoms with Crippen molar-refractivity contribution >= 4 is 5.96 Å². The van der Waals surface area contributed by atoms with Crippen LogP contribution in [0.4, 0.5) is 0 Å². The molecule has 0 bridgehead atoms. The maximum atomic E-state index is 5.83. The van der Waals surface area contributed by atoms with Crippen molar-refractivity contribution in [3.8, 4) is 0 Å². The summed E-state index contributed by atoms with van der Waals surface area (Å²) >= 11 is 0. The SMILES string of the molecule is CN=C(NCc1cccc(COC(C)(C)C)c1)NC(C)(C)C. The van der Waals surface area contributed by atoms with Crippen LogP contribution in [0.15, 0.2) is 29.3 Å². The molecule has 0 aromatic heterocycles. The van der Waals surface area contributed by atoms with Crippen LogP contribution in [0.1, 0.15) is 52.7 Å². The fraction of sp³-hybridized carbons (Fsp3) is 0.611. The van der Waals surface area contributed by atoms with Gasteiger partial charge in [0.15, 0.2) is 5.96 Å². The third kappa shape index (κ3) is 8.03. The summed E-state index contributed by atoms with van der Waals surface area (Å²) in [6.45, 7) is 13.9. The molecule has 2 N–H and O–H groups in total. The molecule has 0 saturated carbocycles. The molecule has 1 rings (SSSR count). The largest absolute Gasteiger partial charge is 0.371 e. The van der Waals surface area contributed by atoms with E-state index in [0.29, 0.717) is 6.61 Å². The van der Waals surface area contributed by atoms with Gasteiger partial charge in [0.2, 0.25) is 0 Å². The van der Waals surface area contributed by atoms with Crippen LogP contribution in [0.2, 0.25) is 0 Å². The molecule has 0 fully saturated rings. The van der Waals surface area contributed by atoms with Gasteiger partial charge in [-0.05, 0) is 52.7 Å². The van der Waals surface area contributed by atoms with E-state index in [4.69, 9.17) is 4.74 Å². The summed E-state index contributed by atoms with van der Waals surface area (Å²) in [5.41, 5.74) is 2.27. The van der Waals surface area contributed by atoms with E-state index in [1.54, 1.807) is 7.05 Å². The quantitative estimate of drug-likeness (QED) is 0.661. The van der Waals surface area contributed by atoms with Gasteiger partial charge in [-0.3, -0.25) is 4.99 Å². The van der Waals surface area contributed by atoms with Gasteiger partial charge in [-0.1, -0.05) is 24.3 Å². The number of hydrogen-bond donors (Lipinski definition) is 2. The number of aliphatic imine (C=N–C) groups is 1. The zero-order chi connectivity index (χ0) is 16.8.